The standard InChI is InChI=1S/2C18H14N.Ir/c1-14-13-19-18(16-10-6-3-7-11-16)12-17(14)15-8-4-2-5-9-15;1-3-7-15(8-4-1)13-16-11-12-19-18(14-16)17-9-5-2-6-10-17;/h2-10,12-13H,1H3;1-9,11-12,14H,13H2;/q2*-1;. The van der Waals surface area contributed by atoms with Crippen molar-refractivity contribution in [3.05, 3.63) is 169 Å². The number of pyridine rings is 2. The van der Waals surface area contributed by atoms with Gasteiger partial charge in [-0.05, 0) is 58.6 Å². The average Bonchev–Trinajstić information content (AvgIpc) is 3.00. The first-order valence-electron chi connectivity index (χ1n) is 12.7. The molecule has 2 aromatic heterocycles. The van der Waals surface area contributed by atoms with Crippen LogP contribution in [0.5, 0.6) is 0 Å². The van der Waals surface area contributed by atoms with Crippen molar-refractivity contribution in [1.82, 2.24) is 9.97 Å². The van der Waals surface area contributed by atoms with Crippen LogP contribution in [0, 0.1) is 19.1 Å². The first-order chi connectivity index (χ1) is 18.8. The summed E-state index contributed by atoms with van der Waals surface area (Å²) in [6, 6.07) is 49.5. The summed E-state index contributed by atoms with van der Waals surface area (Å²) in [5.41, 5.74) is 10.2. The van der Waals surface area contributed by atoms with Gasteiger partial charge < -0.3 is 9.97 Å². The molecule has 6 aromatic rings. The van der Waals surface area contributed by atoms with Crippen LogP contribution in [-0.2, 0) is 26.5 Å². The smallest absolute Gasteiger partial charge is 0.0196 e. The van der Waals surface area contributed by atoms with Crippen LogP contribution in [0.15, 0.2) is 140 Å². The molecule has 2 heterocycles. The molecule has 2 nitrogen and oxygen atoms in total. The molecule has 0 aliphatic heterocycles. The monoisotopic (exact) mass is 681 g/mol. The van der Waals surface area contributed by atoms with E-state index in [1.54, 1.807) is 0 Å². The number of aryl methyl sites for hydroxylation is 1. The van der Waals surface area contributed by atoms with Crippen LogP contribution in [0.25, 0.3) is 33.6 Å². The van der Waals surface area contributed by atoms with Crippen molar-refractivity contribution in [2.45, 2.75) is 13.3 Å². The molecular weight excluding hydrogens is 653 g/mol. The molecule has 1 radical (unpaired) electrons. The maximum atomic E-state index is 4.50. The maximum Gasteiger partial charge on any atom is 0.0196 e. The van der Waals surface area contributed by atoms with E-state index in [-0.39, 0.29) is 20.1 Å². The van der Waals surface area contributed by atoms with Crippen molar-refractivity contribution in [1.29, 1.82) is 0 Å². The zero-order valence-corrected chi connectivity index (χ0v) is 24.1. The molecule has 0 saturated heterocycles. The van der Waals surface area contributed by atoms with Crippen LogP contribution in [-0.4, -0.2) is 9.97 Å². The Hall–Kier alpha value is -4.17. The summed E-state index contributed by atoms with van der Waals surface area (Å²) in [4.78, 5) is 8.92. The SMILES string of the molecule is Cc1cnc(-c2[c-]cccc2)cc1-c1ccccc1.[Ir].[c-]1ccccc1-c1cc(Cc2ccccc2)ccn1. The largest absolute Gasteiger partial charge is 0.305 e. The van der Waals surface area contributed by atoms with Crippen LogP contribution in [0.4, 0.5) is 0 Å². The van der Waals surface area contributed by atoms with Gasteiger partial charge in [-0.25, -0.2) is 0 Å². The van der Waals surface area contributed by atoms with Gasteiger partial charge >= 0.3 is 0 Å². The fourth-order valence-corrected chi connectivity index (χ4v) is 4.27. The van der Waals surface area contributed by atoms with E-state index in [1.807, 2.05) is 73.1 Å². The average molecular weight is 681 g/mol. The van der Waals surface area contributed by atoms with Crippen LogP contribution < -0.4 is 0 Å². The summed E-state index contributed by atoms with van der Waals surface area (Å²) in [6.07, 6.45) is 4.73. The van der Waals surface area contributed by atoms with Crippen LogP contribution in [0.3, 0.4) is 0 Å². The van der Waals surface area contributed by atoms with Gasteiger partial charge in [-0.3, -0.25) is 0 Å². The minimum Gasteiger partial charge on any atom is -0.305 e. The van der Waals surface area contributed by atoms with E-state index in [0.717, 1.165) is 28.9 Å². The summed E-state index contributed by atoms with van der Waals surface area (Å²) in [6.45, 7) is 2.09. The number of hydrogen-bond acceptors (Lipinski definition) is 2. The molecule has 0 amide bonds. The minimum absolute atomic E-state index is 0. The van der Waals surface area contributed by atoms with Crippen LogP contribution in [0.1, 0.15) is 16.7 Å². The van der Waals surface area contributed by atoms with Crippen LogP contribution >= 0.6 is 0 Å². The van der Waals surface area contributed by atoms with Crippen molar-refractivity contribution in [2.75, 3.05) is 0 Å². The Kier molecular flexibility index (Phi) is 10.1. The van der Waals surface area contributed by atoms with Crippen molar-refractivity contribution >= 4 is 0 Å². The zero-order chi connectivity index (χ0) is 26.0. The quantitative estimate of drug-likeness (QED) is 0.170. The van der Waals surface area contributed by atoms with Gasteiger partial charge in [-0.2, -0.15) is 0 Å². The summed E-state index contributed by atoms with van der Waals surface area (Å²) in [5.74, 6) is 0. The normalized spacial score (nSPS) is 10.1. The molecule has 0 atom stereocenters. The number of aromatic nitrogens is 2. The van der Waals surface area contributed by atoms with E-state index >= 15 is 0 Å². The minimum atomic E-state index is 0. The summed E-state index contributed by atoms with van der Waals surface area (Å²) >= 11 is 0. The maximum absolute atomic E-state index is 4.50. The van der Waals surface area contributed by atoms with Gasteiger partial charge in [0.05, 0.1) is 0 Å². The van der Waals surface area contributed by atoms with Crippen molar-refractivity contribution < 1.29 is 20.1 Å². The van der Waals surface area contributed by atoms with E-state index in [2.05, 4.69) is 95.8 Å². The van der Waals surface area contributed by atoms with Gasteiger partial charge in [-0.1, -0.05) is 72.8 Å². The second kappa shape index (κ2) is 14.1. The summed E-state index contributed by atoms with van der Waals surface area (Å²) in [5, 5.41) is 0. The van der Waals surface area contributed by atoms with Gasteiger partial charge in [0, 0.05) is 32.5 Å². The number of rotatable bonds is 5. The number of hydrogen-bond donors (Lipinski definition) is 0. The molecule has 6 rings (SSSR count). The van der Waals surface area contributed by atoms with Crippen molar-refractivity contribution in [3.8, 4) is 33.6 Å². The van der Waals surface area contributed by atoms with E-state index in [0.29, 0.717) is 0 Å². The van der Waals surface area contributed by atoms with E-state index in [9.17, 15) is 0 Å². The second-order valence-corrected chi connectivity index (χ2v) is 9.01. The Balaban J connectivity index is 0.000000176. The molecule has 0 aliphatic carbocycles. The Bertz CT molecular complexity index is 1570. The van der Waals surface area contributed by atoms with Gasteiger partial charge in [0.1, 0.15) is 0 Å². The molecule has 0 bridgehead atoms. The van der Waals surface area contributed by atoms with E-state index in [1.165, 1.54) is 27.8 Å². The third-order valence-corrected chi connectivity index (χ3v) is 6.23. The van der Waals surface area contributed by atoms with Gasteiger partial charge in [0.2, 0.25) is 0 Å². The third-order valence-electron chi connectivity index (χ3n) is 6.23. The van der Waals surface area contributed by atoms with Crippen molar-refractivity contribution in [2.24, 2.45) is 0 Å². The van der Waals surface area contributed by atoms with Crippen LogP contribution in [0.2, 0.25) is 0 Å². The predicted octanol–water partition coefficient (Wildman–Crippen LogP) is 8.66. The first-order valence-corrected chi connectivity index (χ1v) is 12.7. The topological polar surface area (TPSA) is 25.8 Å². The molecule has 0 unspecified atom stereocenters. The molecule has 0 N–H and O–H groups in total. The molecular formula is C36H28IrN2-2. The Morgan fingerprint density at radius 2 is 1.18 bits per heavy atom. The Morgan fingerprint density at radius 3 is 1.79 bits per heavy atom. The van der Waals surface area contributed by atoms with Gasteiger partial charge in [0.25, 0.3) is 0 Å². The molecule has 0 aliphatic rings. The summed E-state index contributed by atoms with van der Waals surface area (Å²) in [7, 11) is 0. The van der Waals surface area contributed by atoms with Gasteiger partial charge in [0.15, 0.2) is 0 Å². The number of benzene rings is 4. The predicted molar refractivity (Wildman–Crippen MR) is 156 cm³/mol. The van der Waals surface area contributed by atoms with Crippen molar-refractivity contribution in [3.63, 3.8) is 0 Å². The third kappa shape index (κ3) is 7.67. The second-order valence-electron chi connectivity index (χ2n) is 9.01. The fraction of sp³-hybridized carbons (Fsp3) is 0.0556. The molecule has 3 heteroatoms. The van der Waals surface area contributed by atoms with E-state index in [4.69, 9.17) is 0 Å². The van der Waals surface area contributed by atoms with Gasteiger partial charge in [-0.15, -0.1) is 71.8 Å². The molecule has 0 saturated carbocycles. The molecule has 4 aromatic carbocycles. The number of nitrogens with zero attached hydrogens (tertiary/aromatic N) is 2. The zero-order valence-electron chi connectivity index (χ0n) is 21.7. The first kappa shape index (κ1) is 27.9. The van der Waals surface area contributed by atoms with E-state index < -0.39 is 0 Å². The molecule has 0 fully saturated rings. The summed E-state index contributed by atoms with van der Waals surface area (Å²) < 4.78 is 0. The Labute approximate surface area is 244 Å². The molecule has 193 valence electrons. The molecule has 0 spiro atoms. The fourth-order valence-electron chi connectivity index (χ4n) is 4.27. The molecule has 39 heavy (non-hydrogen) atoms. The Morgan fingerprint density at radius 1 is 0.590 bits per heavy atom.